The van der Waals surface area contributed by atoms with E-state index in [9.17, 15) is 4.79 Å². The smallest absolute Gasteiger partial charge is 0.164 e. The quantitative estimate of drug-likeness (QED) is 0.606. The summed E-state index contributed by atoms with van der Waals surface area (Å²) in [6.45, 7) is 3.28. The number of carbonyl (C=O) groups is 1. The van der Waals surface area contributed by atoms with Crippen LogP contribution in [0.25, 0.3) is 0 Å². The van der Waals surface area contributed by atoms with Crippen LogP contribution in [0.4, 0.5) is 10.7 Å². The topological polar surface area (TPSA) is 42.0 Å². The summed E-state index contributed by atoms with van der Waals surface area (Å²) < 4.78 is 4.16. The van der Waals surface area contributed by atoms with Gasteiger partial charge in [0, 0.05) is 0 Å². The average Bonchev–Trinajstić information content (AvgIpc) is 2.67. The number of ketones is 1. The lowest BCUT2D eigenvalue weighted by Gasteiger charge is -2.09. The molecule has 1 aromatic heterocycles. The van der Waals surface area contributed by atoms with Crippen LogP contribution in [0.5, 0.6) is 0 Å². The lowest BCUT2D eigenvalue weighted by Crippen LogP contribution is -1.99. The van der Waals surface area contributed by atoms with Crippen LogP contribution >= 0.6 is 46.3 Å². The van der Waals surface area contributed by atoms with Crippen molar-refractivity contribution in [2.24, 2.45) is 0 Å². The summed E-state index contributed by atoms with van der Waals surface area (Å²) in [6.07, 6.45) is 0. The van der Waals surface area contributed by atoms with Gasteiger partial charge in [-0.2, -0.15) is 4.37 Å². The second-order valence-corrected chi connectivity index (χ2v) is 5.89. The molecule has 7 heteroatoms. The normalized spacial score (nSPS) is 10.6. The number of benzene rings is 1. The number of aryl methyl sites for hydroxylation is 1. The third-order valence-corrected chi connectivity index (χ3v) is 4.36. The van der Waals surface area contributed by atoms with E-state index in [0.717, 1.165) is 0 Å². The van der Waals surface area contributed by atoms with Crippen molar-refractivity contribution in [3.63, 3.8) is 0 Å². The molecule has 1 heterocycles. The predicted octanol–water partition coefficient (Wildman–Crippen LogP) is 5.36. The van der Waals surface area contributed by atoms with Crippen molar-refractivity contribution in [2.45, 2.75) is 13.8 Å². The highest BCUT2D eigenvalue weighted by molar-refractivity contribution is 7.10. The molecular weight excluding hydrogens is 327 g/mol. The molecule has 3 nitrogen and oxygen atoms in total. The van der Waals surface area contributed by atoms with E-state index in [1.807, 2.05) is 0 Å². The number of aromatic nitrogens is 1. The van der Waals surface area contributed by atoms with Crippen LogP contribution in [0.15, 0.2) is 12.1 Å². The highest BCUT2D eigenvalue weighted by Gasteiger charge is 2.16. The first-order valence-corrected chi connectivity index (χ1v) is 7.19. The molecule has 0 bridgehead atoms. The van der Waals surface area contributed by atoms with Gasteiger partial charge in [-0.25, -0.2) is 0 Å². The van der Waals surface area contributed by atoms with Crippen LogP contribution in [-0.4, -0.2) is 10.2 Å². The van der Waals surface area contributed by atoms with Gasteiger partial charge in [-0.1, -0.05) is 34.8 Å². The number of hydrogen-bond donors (Lipinski definition) is 1. The zero-order valence-corrected chi connectivity index (χ0v) is 13.1. The van der Waals surface area contributed by atoms with E-state index < -0.39 is 0 Å². The van der Waals surface area contributed by atoms with Crippen LogP contribution in [-0.2, 0) is 0 Å². The Morgan fingerprint density at radius 1 is 1.21 bits per heavy atom. The van der Waals surface area contributed by atoms with Crippen LogP contribution in [0, 0.1) is 6.92 Å². The Morgan fingerprint density at radius 3 is 2.47 bits per heavy atom. The molecule has 2 aromatic rings. The highest BCUT2D eigenvalue weighted by atomic mass is 35.5. The molecule has 1 N–H and O–H groups in total. The van der Waals surface area contributed by atoms with Gasteiger partial charge in [0.2, 0.25) is 0 Å². The first-order valence-electron chi connectivity index (χ1n) is 5.29. The number of hydrogen-bond acceptors (Lipinski definition) is 4. The standard InChI is InChI=1S/C12H9Cl3N2OS/c1-5-11(6(2)18)12(19-17-5)16-10-4-8(14)7(13)3-9(10)15/h3-4,16H,1-2H3. The fourth-order valence-corrected chi connectivity index (χ4v) is 3.06. The SMILES string of the molecule is CC(=O)c1c(C)nsc1Nc1cc(Cl)c(Cl)cc1Cl. The van der Waals surface area contributed by atoms with Gasteiger partial charge in [-0.05, 0) is 37.5 Å². The first kappa shape index (κ1) is 14.6. The minimum atomic E-state index is -0.0510. The van der Waals surface area contributed by atoms with E-state index in [2.05, 4.69) is 9.69 Å². The number of rotatable bonds is 3. The van der Waals surface area contributed by atoms with Crippen LogP contribution in [0.2, 0.25) is 15.1 Å². The molecule has 0 aliphatic carbocycles. The van der Waals surface area contributed by atoms with E-state index in [1.54, 1.807) is 19.1 Å². The average molecular weight is 336 g/mol. The minimum Gasteiger partial charge on any atom is -0.344 e. The van der Waals surface area contributed by atoms with Gasteiger partial charge in [0.25, 0.3) is 0 Å². The Labute approximate surface area is 129 Å². The van der Waals surface area contributed by atoms with E-state index in [0.29, 0.717) is 37.0 Å². The van der Waals surface area contributed by atoms with Crippen LogP contribution < -0.4 is 5.32 Å². The molecule has 0 spiro atoms. The van der Waals surface area contributed by atoms with Crippen molar-refractivity contribution in [2.75, 3.05) is 5.32 Å². The van der Waals surface area contributed by atoms with E-state index in [-0.39, 0.29) is 5.78 Å². The molecule has 0 saturated carbocycles. The Hall–Kier alpha value is -0.810. The van der Waals surface area contributed by atoms with Crippen LogP contribution in [0.1, 0.15) is 23.0 Å². The first-order chi connectivity index (χ1) is 8.90. The van der Waals surface area contributed by atoms with E-state index in [4.69, 9.17) is 34.8 Å². The van der Waals surface area contributed by atoms with Gasteiger partial charge in [-0.15, -0.1) is 0 Å². The molecule has 2 rings (SSSR count). The van der Waals surface area contributed by atoms with Crippen molar-refractivity contribution in [1.82, 2.24) is 4.37 Å². The second-order valence-electron chi connectivity index (χ2n) is 3.90. The summed E-state index contributed by atoms with van der Waals surface area (Å²) in [5.41, 5.74) is 1.84. The van der Waals surface area contributed by atoms with Crippen molar-refractivity contribution < 1.29 is 4.79 Å². The summed E-state index contributed by atoms with van der Waals surface area (Å²) in [6, 6.07) is 3.17. The van der Waals surface area contributed by atoms with Gasteiger partial charge in [0.15, 0.2) is 5.78 Å². The molecule has 0 radical (unpaired) electrons. The summed E-state index contributed by atoms with van der Waals surface area (Å²) in [7, 11) is 0. The number of carbonyl (C=O) groups excluding carboxylic acids is 1. The fourth-order valence-electron chi connectivity index (χ4n) is 1.61. The Balaban J connectivity index is 2.42. The molecule has 1 aromatic carbocycles. The molecule has 0 atom stereocenters. The van der Waals surface area contributed by atoms with Gasteiger partial charge in [0.1, 0.15) is 5.00 Å². The molecule has 100 valence electrons. The third kappa shape index (κ3) is 3.03. The summed E-state index contributed by atoms with van der Waals surface area (Å²) in [4.78, 5) is 11.6. The molecule has 0 amide bonds. The van der Waals surface area contributed by atoms with Crippen molar-refractivity contribution >= 4 is 62.8 Å². The van der Waals surface area contributed by atoms with Crippen molar-refractivity contribution in [3.8, 4) is 0 Å². The maximum atomic E-state index is 11.6. The molecule has 0 aliphatic heterocycles. The Bertz CT molecular complexity index is 655. The lowest BCUT2D eigenvalue weighted by molar-refractivity contribution is 0.101. The second kappa shape index (κ2) is 5.67. The molecule has 0 unspecified atom stereocenters. The zero-order chi connectivity index (χ0) is 14.2. The van der Waals surface area contributed by atoms with E-state index >= 15 is 0 Å². The minimum absolute atomic E-state index is 0.0510. The van der Waals surface area contributed by atoms with Crippen LogP contribution in [0.3, 0.4) is 0 Å². The fraction of sp³-hybridized carbons (Fsp3) is 0.167. The molecular formula is C12H9Cl3N2OS. The molecule has 0 saturated heterocycles. The van der Waals surface area contributed by atoms with E-state index in [1.165, 1.54) is 18.5 Å². The third-order valence-electron chi connectivity index (χ3n) is 2.47. The number of nitrogens with zero attached hydrogens (tertiary/aromatic N) is 1. The summed E-state index contributed by atoms with van der Waals surface area (Å²) in [5.74, 6) is -0.0510. The van der Waals surface area contributed by atoms with Gasteiger partial charge < -0.3 is 5.32 Å². The largest absolute Gasteiger partial charge is 0.344 e. The summed E-state index contributed by atoms with van der Waals surface area (Å²) in [5, 5.41) is 4.91. The molecule has 19 heavy (non-hydrogen) atoms. The van der Waals surface area contributed by atoms with Crippen molar-refractivity contribution in [3.05, 3.63) is 38.5 Å². The monoisotopic (exact) mass is 334 g/mol. The van der Waals surface area contributed by atoms with Gasteiger partial charge >= 0.3 is 0 Å². The maximum Gasteiger partial charge on any atom is 0.164 e. The number of anilines is 2. The number of Topliss-reactive ketones (excluding diaryl/α,β-unsaturated/α-hetero) is 1. The molecule has 0 aliphatic rings. The number of halogens is 3. The van der Waals surface area contributed by atoms with Gasteiger partial charge in [-0.3, -0.25) is 4.79 Å². The highest BCUT2D eigenvalue weighted by Crippen LogP contribution is 2.36. The lowest BCUT2D eigenvalue weighted by atomic mass is 10.2. The Morgan fingerprint density at radius 2 is 1.84 bits per heavy atom. The Kier molecular flexibility index (Phi) is 4.36. The number of nitrogens with one attached hydrogen (secondary N) is 1. The zero-order valence-electron chi connectivity index (χ0n) is 10.1. The van der Waals surface area contributed by atoms with Gasteiger partial charge in [0.05, 0.1) is 32.0 Å². The predicted molar refractivity (Wildman–Crippen MR) is 81.6 cm³/mol. The maximum absolute atomic E-state index is 11.6. The summed E-state index contributed by atoms with van der Waals surface area (Å²) >= 11 is 19.1. The molecule has 0 fully saturated rings. The van der Waals surface area contributed by atoms with Crippen molar-refractivity contribution in [1.29, 1.82) is 0 Å².